The van der Waals surface area contributed by atoms with Crippen LogP contribution in [0.25, 0.3) is 0 Å². The standard InChI is InChI=1S/C19H21NO4S/c1-24-19(22)17(12-13-25(23)16-10-6-3-7-11-16)20-18(21)14-15-8-4-2-5-9-15/h2-11,17H,12-14H2,1H3,(H,20,21)/t17-,25-/m1/s1. The highest BCUT2D eigenvalue weighted by molar-refractivity contribution is 7.85. The van der Waals surface area contributed by atoms with E-state index in [2.05, 4.69) is 5.32 Å². The van der Waals surface area contributed by atoms with Gasteiger partial charge in [0.25, 0.3) is 0 Å². The molecule has 5 nitrogen and oxygen atoms in total. The average Bonchev–Trinajstić information content (AvgIpc) is 2.65. The number of carbonyl (C=O) groups excluding carboxylic acids is 2. The van der Waals surface area contributed by atoms with Crippen LogP contribution in [-0.2, 0) is 31.5 Å². The van der Waals surface area contributed by atoms with Crippen molar-refractivity contribution in [1.29, 1.82) is 0 Å². The number of rotatable bonds is 8. The molecular formula is C19H21NO4S. The van der Waals surface area contributed by atoms with Crippen molar-refractivity contribution in [3.05, 3.63) is 66.2 Å². The van der Waals surface area contributed by atoms with E-state index in [0.717, 1.165) is 5.56 Å². The van der Waals surface area contributed by atoms with Gasteiger partial charge in [-0.25, -0.2) is 4.79 Å². The van der Waals surface area contributed by atoms with Crippen molar-refractivity contribution in [3.63, 3.8) is 0 Å². The molecule has 1 amide bonds. The Morgan fingerprint density at radius 2 is 1.64 bits per heavy atom. The summed E-state index contributed by atoms with van der Waals surface area (Å²) in [7, 11) is 0.0363. The molecule has 0 saturated carbocycles. The van der Waals surface area contributed by atoms with E-state index in [1.165, 1.54) is 7.11 Å². The van der Waals surface area contributed by atoms with Gasteiger partial charge in [0.05, 0.1) is 24.3 Å². The van der Waals surface area contributed by atoms with E-state index in [4.69, 9.17) is 4.74 Å². The second-order valence-electron chi connectivity index (χ2n) is 5.46. The summed E-state index contributed by atoms with van der Waals surface area (Å²) < 4.78 is 17.0. The lowest BCUT2D eigenvalue weighted by Crippen LogP contribution is -2.43. The van der Waals surface area contributed by atoms with Crippen LogP contribution in [0.5, 0.6) is 0 Å². The summed E-state index contributed by atoms with van der Waals surface area (Å²) in [6, 6.07) is 17.5. The number of hydrogen-bond acceptors (Lipinski definition) is 4. The maximum atomic E-state index is 12.3. The summed E-state index contributed by atoms with van der Waals surface area (Å²) in [5.41, 5.74) is 0.858. The Labute approximate surface area is 149 Å². The molecule has 0 aliphatic carbocycles. The van der Waals surface area contributed by atoms with E-state index in [9.17, 15) is 13.8 Å². The summed E-state index contributed by atoms with van der Waals surface area (Å²) in [6.07, 6.45) is 0.421. The van der Waals surface area contributed by atoms with Gasteiger partial charge >= 0.3 is 5.97 Å². The topological polar surface area (TPSA) is 72.5 Å². The van der Waals surface area contributed by atoms with Gasteiger partial charge in [-0.3, -0.25) is 9.00 Å². The molecule has 0 spiro atoms. The Hall–Kier alpha value is -2.47. The molecule has 0 radical (unpaired) electrons. The van der Waals surface area contributed by atoms with Gasteiger partial charge in [-0.15, -0.1) is 0 Å². The van der Waals surface area contributed by atoms with Gasteiger partial charge in [0.15, 0.2) is 0 Å². The lowest BCUT2D eigenvalue weighted by molar-refractivity contribution is -0.145. The zero-order chi connectivity index (χ0) is 18.1. The highest BCUT2D eigenvalue weighted by Gasteiger charge is 2.22. The number of ether oxygens (including phenoxy) is 1. The van der Waals surface area contributed by atoms with Gasteiger partial charge < -0.3 is 10.1 Å². The number of benzene rings is 2. The van der Waals surface area contributed by atoms with Crippen LogP contribution in [0.15, 0.2) is 65.6 Å². The lowest BCUT2D eigenvalue weighted by Gasteiger charge is -2.16. The summed E-state index contributed by atoms with van der Waals surface area (Å²) in [6.45, 7) is 0. The van der Waals surface area contributed by atoms with Gasteiger partial charge in [-0.05, 0) is 24.1 Å². The number of nitrogens with one attached hydrogen (secondary N) is 1. The maximum absolute atomic E-state index is 12.3. The maximum Gasteiger partial charge on any atom is 0.328 e. The van der Waals surface area contributed by atoms with Crippen LogP contribution >= 0.6 is 0 Å². The van der Waals surface area contributed by atoms with Crippen LogP contribution in [0.4, 0.5) is 0 Å². The Balaban J connectivity index is 1.93. The first-order valence-electron chi connectivity index (χ1n) is 7.94. The number of hydrogen-bond donors (Lipinski definition) is 1. The number of methoxy groups -OCH3 is 1. The van der Waals surface area contributed by atoms with Crippen LogP contribution in [0, 0.1) is 0 Å². The minimum absolute atomic E-state index is 0.177. The molecule has 0 unspecified atom stereocenters. The Morgan fingerprint density at radius 1 is 1.04 bits per heavy atom. The molecule has 0 aromatic heterocycles. The third-order valence-electron chi connectivity index (χ3n) is 3.63. The fourth-order valence-electron chi connectivity index (χ4n) is 2.33. The van der Waals surface area contributed by atoms with E-state index in [1.54, 1.807) is 12.1 Å². The van der Waals surface area contributed by atoms with E-state index in [0.29, 0.717) is 4.90 Å². The summed E-state index contributed by atoms with van der Waals surface area (Å²) in [5.74, 6) is -0.548. The van der Waals surface area contributed by atoms with Crippen LogP contribution in [0.3, 0.4) is 0 Å². The lowest BCUT2D eigenvalue weighted by atomic mass is 10.1. The minimum Gasteiger partial charge on any atom is -0.467 e. The fraction of sp³-hybridized carbons (Fsp3) is 0.263. The minimum atomic E-state index is -1.23. The second-order valence-corrected chi connectivity index (χ2v) is 7.03. The van der Waals surface area contributed by atoms with Crippen molar-refractivity contribution in [3.8, 4) is 0 Å². The average molecular weight is 359 g/mol. The molecule has 0 fully saturated rings. The molecule has 0 bridgehead atoms. The molecule has 132 valence electrons. The van der Waals surface area contributed by atoms with Gasteiger partial charge in [-0.2, -0.15) is 0 Å². The van der Waals surface area contributed by atoms with Crippen LogP contribution < -0.4 is 5.32 Å². The fourth-order valence-corrected chi connectivity index (χ4v) is 3.48. The van der Waals surface area contributed by atoms with Crippen molar-refractivity contribution in [2.75, 3.05) is 12.9 Å². The molecule has 2 aromatic carbocycles. The normalized spacial score (nSPS) is 12.8. The van der Waals surface area contributed by atoms with Crippen molar-refractivity contribution in [2.45, 2.75) is 23.8 Å². The smallest absolute Gasteiger partial charge is 0.328 e. The van der Waals surface area contributed by atoms with Crippen molar-refractivity contribution >= 4 is 22.7 Å². The third kappa shape index (κ3) is 6.15. The van der Waals surface area contributed by atoms with E-state index >= 15 is 0 Å². The van der Waals surface area contributed by atoms with E-state index in [1.807, 2.05) is 48.5 Å². The van der Waals surface area contributed by atoms with Crippen LogP contribution in [0.1, 0.15) is 12.0 Å². The van der Waals surface area contributed by atoms with E-state index < -0.39 is 22.8 Å². The molecule has 2 atom stereocenters. The number of amides is 1. The van der Waals surface area contributed by atoms with Crippen molar-refractivity contribution < 1.29 is 18.5 Å². The van der Waals surface area contributed by atoms with Crippen LogP contribution in [-0.4, -0.2) is 35.0 Å². The Bertz CT molecular complexity index is 719. The largest absolute Gasteiger partial charge is 0.467 e. The first kappa shape index (κ1) is 18.9. The monoisotopic (exact) mass is 359 g/mol. The highest BCUT2D eigenvalue weighted by Crippen LogP contribution is 2.09. The Kier molecular flexibility index (Phi) is 7.35. The van der Waals surface area contributed by atoms with Gasteiger partial charge in [-0.1, -0.05) is 48.5 Å². The zero-order valence-electron chi connectivity index (χ0n) is 14.0. The number of carbonyl (C=O) groups is 2. The SMILES string of the molecule is COC(=O)[C@@H](CC[S@@](=O)c1ccccc1)NC(=O)Cc1ccccc1. The summed E-state index contributed by atoms with van der Waals surface area (Å²) in [5, 5.41) is 2.68. The molecule has 0 heterocycles. The predicted octanol–water partition coefficient (Wildman–Crippen LogP) is 2.08. The molecule has 2 aromatic rings. The Morgan fingerprint density at radius 3 is 2.24 bits per heavy atom. The quantitative estimate of drug-likeness (QED) is 0.733. The molecule has 1 N–H and O–H groups in total. The molecular weight excluding hydrogens is 338 g/mol. The molecule has 6 heteroatoms. The molecule has 0 saturated heterocycles. The molecule has 0 aliphatic rings. The van der Waals surface area contributed by atoms with Crippen molar-refractivity contribution in [2.24, 2.45) is 0 Å². The molecule has 25 heavy (non-hydrogen) atoms. The van der Waals surface area contributed by atoms with Gasteiger partial charge in [0.1, 0.15) is 6.04 Å². The second kappa shape index (κ2) is 9.74. The highest BCUT2D eigenvalue weighted by atomic mass is 32.2. The summed E-state index contributed by atoms with van der Waals surface area (Å²) >= 11 is 0. The van der Waals surface area contributed by atoms with E-state index in [-0.39, 0.29) is 24.5 Å². The molecule has 2 rings (SSSR count). The van der Waals surface area contributed by atoms with Gasteiger partial charge in [0, 0.05) is 10.6 Å². The van der Waals surface area contributed by atoms with Crippen LogP contribution in [0.2, 0.25) is 0 Å². The zero-order valence-corrected chi connectivity index (χ0v) is 14.8. The first-order valence-corrected chi connectivity index (χ1v) is 9.26. The summed E-state index contributed by atoms with van der Waals surface area (Å²) in [4.78, 5) is 24.8. The van der Waals surface area contributed by atoms with Crippen molar-refractivity contribution in [1.82, 2.24) is 5.32 Å². The van der Waals surface area contributed by atoms with Gasteiger partial charge in [0.2, 0.25) is 5.91 Å². The number of esters is 1. The predicted molar refractivity (Wildman–Crippen MR) is 96.4 cm³/mol. The third-order valence-corrected chi connectivity index (χ3v) is 5.03. The molecule has 0 aliphatic heterocycles. The first-order chi connectivity index (χ1) is 12.1.